The standard InChI is InChI=1S/C20H29ClN4O3/c1-2-13-28-18-6-5-16(21)14-17(18)22-20(27)25-11-9-23(10-12-25)15-19(26)24-7-3-4-8-24/h5-6,14H,2-4,7-13,15H2,1H3,(H,22,27). The fraction of sp³-hybridized carbons (Fsp3) is 0.600. The summed E-state index contributed by atoms with van der Waals surface area (Å²) in [7, 11) is 0. The number of likely N-dealkylation sites (tertiary alicyclic amines) is 1. The van der Waals surface area contributed by atoms with Crippen molar-refractivity contribution in [2.24, 2.45) is 0 Å². The molecule has 2 heterocycles. The summed E-state index contributed by atoms with van der Waals surface area (Å²) in [6.45, 7) is 7.38. The predicted molar refractivity (Wildman–Crippen MR) is 110 cm³/mol. The molecular weight excluding hydrogens is 380 g/mol. The first-order valence-corrected chi connectivity index (χ1v) is 10.4. The highest BCUT2D eigenvalue weighted by Gasteiger charge is 2.25. The van der Waals surface area contributed by atoms with Gasteiger partial charge in [0.05, 0.1) is 18.8 Å². The molecule has 8 heteroatoms. The summed E-state index contributed by atoms with van der Waals surface area (Å²) >= 11 is 6.08. The maximum atomic E-state index is 12.7. The van der Waals surface area contributed by atoms with Crippen LogP contribution in [0.15, 0.2) is 18.2 Å². The van der Waals surface area contributed by atoms with Gasteiger partial charge in [-0.25, -0.2) is 4.79 Å². The topological polar surface area (TPSA) is 65.1 Å². The first kappa shape index (κ1) is 20.7. The van der Waals surface area contributed by atoms with Gasteiger partial charge in [-0.05, 0) is 37.5 Å². The molecule has 0 atom stereocenters. The normalized spacial score (nSPS) is 17.6. The van der Waals surface area contributed by atoms with E-state index in [0.717, 1.165) is 32.4 Å². The summed E-state index contributed by atoms with van der Waals surface area (Å²) in [5.41, 5.74) is 0.581. The Morgan fingerprint density at radius 2 is 1.79 bits per heavy atom. The Balaban J connectivity index is 1.50. The minimum atomic E-state index is -0.172. The van der Waals surface area contributed by atoms with Gasteiger partial charge in [-0.2, -0.15) is 0 Å². The summed E-state index contributed by atoms with van der Waals surface area (Å²) in [5.74, 6) is 0.821. The number of hydrogen-bond acceptors (Lipinski definition) is 4. The van der Waals surface area contributed by atoms with Crippen molar-refractivity contribution in [1.82, 2.24) is 14.7 Å². The molecule has 0 aliphatic carbocycles. The van der Waals surface area contributed by atoms with Crippen LogP contribution in [0.5, 0.6) is 5.75 Å². The quantitative estimate of drug-likeness (QED) is 0.786. The van der Waals surface area contributed by atoms with Gasteiger partial charge in [-0.3, -0.25) is 9.69 Å². The molecule has 1 aromatic rings. The molecule has 154 valence electrons. The number of nitrogens with one attached hydrogen (secondary N) is 1. The zero-order valence-corrected chi connectivity index (χ0v) is 17.2. The molecule has 0 unspecified atom stereocenters. The summed E-state index contributed by atoms with van der Waals surface area (Å²) in [5, 5.41) is 3.46. The van der Waals surface area contributed by atoms with E-state index in [9.17, 15) is 9.59 Å². The number of hydrogen-bond donors (Lipinski definition) is 1. The Hall–Kier alpha value is -1.99. The molecule has 2 aliphatic rings. The number of anilines is 1. The van der Waals surface area contributed by atoms with Crippen molar-refractivity contribution < 1.29 is 14.3 Å². The monoisotopic (exact) mass is 408 g/mol. The van der Waals surface area contributed by atoms with Crippen LogP contribution < -0.4 is 10.1 Å². The zero-order valence-electron chi connectivity index (χ0n) is 16.5. The molecular formula is C20H29ClN4O3. The Morgan fingerprint density at radius 1 is 1.07 bits per heavy atom. The summed E-state index contributed by atoms with van der Waals surface area (Å²) < 4.78 is 5.70. The second kappa shape index (κ2) is 9.98. The number of benzene rings is 1. The van der Waals surface area contributed by atoms with E-state index >= 15 is 0 Å². The van der Waals surface area contributed by atoms with Gasteiger partial charge in [0.25, 0.3) is 0 Å². The van der Waals surface area contributed by atoms with E-state index in [4.69, 9.17) is 16.3 Å². The first-order chi connectivity index (χ1) is 13.6. The van der Waals surface area contributed by atoms with Crippen molar-refractivity contribution in [2.75, 3.05) is 57.7 Å². The van der Waals surface area contributed by atoms with Gasteiger partial charge in [0, 0.05) is 44.3 Å². The highest BCUT2D eigenvalue weighted by atomic mass is 35.5. The molecule has 1 aromatic carbocycles. The fourth-order valence-electron chi connectivity index (χ4n) is 3.50. The number of ether oxygens (including phenoxy) is 1. The van der Waals surface area contributed by atoms with Crippen molar-refractivity contribution in [1.29, 1.82) is 0 Å². The number of carbonyl (C=O) groups is 2. The van der Waals surface area contributed by atoms with Gasteiger partial charge < -0.3 is 19.9 Å². The molecule has 28 heavy (non-hydrogen) atoms. The van der Waals surface area contributed by atoms with Crippen LogP contribution in [0.3, 0.4) is 0 Å². The van der Waals surface area contributed by atoms with Crippen LogP contribution >= 0.6 is 11.6 Å². The van der Waals surface area contributed by atoms with Crippen LogP contribution in [-0.2, 0) is 4.79 Å². The van der Waals surface area contributed by atoms with E-state index in [2.05, 4.69) is 10.2 Å². The average molecular weight is 409 g/mol. The zero-order chi connectivity index (χ0) is 19.9. The second-order valence-corrected chi connectivity index (χ2v) is 7.71. The third-order valence-electron chi connectivity index (χ3n) is 5.12. The van der Waals surface area contributed by atoms with Gasteiger partial charge in [-0.15, -0.1) is 0 Å². The molecule has 0 spiro atoms. The lowest BCUT2D eigenvalue weighted by Gasteiger charge is -2.35. The van der Waals surface area contributed by atoms with E-state index in [1.165, 1.54) is 0 Å². The van der Waals surface area contributed by atoms with E-state index in [1.54, 1.807) is 23.1 Å². The maximum Gasteiger partial charge on any atom is 0.322 e. The Morgan fingerprint density at radius 3 is 2.46 bits per heavy atom. The third kappa shape index (κ3) is 5.52. The largest absolute Gasteiger partial charge is 0.491 e. The van der Waals surface area contributed by atoms with Crippen molar-refractivity contribution in [3.05, 3.63) is 23.2 Å². The van der Waals surface area contributed by atoms with Gasteiger partial charge in [-0.1, -0.05) is 18.5 Å². The Bertz CT molecular complexity index is 686. The minimum Gasteiger partial charge on any atom is -0.491 e. The Kier molecular flexibility index (Phi) is 7.39. The van der Waals surface area contributed by atoms with Crippen LogP contribution in [0.4, 0.5) is 10.5 Å². The van der Waals surface area contributed by atoms with Crippen LogP contribution in [0.1, 0.15) is 26.2 Å². The van der Waals surface area contributed by atoms with Crippen LogP contribution in [0.2, 0.25) is 5.02 Å². The van der Waals surface area contributed by atoms with Crippen molar-refractivity contribution in [2.45, 2.75) is 26.2 Å². The fourth-order valence-corrected chi connectivity index (χ4v) is 3.67. The van der Waals surface area contributed by atoms with Crippen LogP contribution in [0.25, 0.3) is 0 Å². The molecule has 2 saturated heterocycles. The van der Waals surface area contributed by atoms with Crippen LogP contribution in [0, 0.1) is 0 Å². The number of rotatable bonds is 6. The molecule has 7 nitrogen and oxygen atoms in total. The van der Waals surface area contributed by atoms with Crippen molar-refractivity contribution in [3.63, 3.8) is 0 Å². The van der Waals surface area contributed by atoms with Gasteiger partial charge in [0.15, 0.2) is 0 Å². The average Bonchev–Trinajstić information content (AvgIpc) is 3.23. The lowest BCUT2D eigenvalue weighted by Crippen LogP contribution is -2.52. The number of nitrogens with zero attached hydrogens (tertiary/aromatic N) is 3. The number of urea groups is 1. The highest BCUT2D eigenvalue weighted by Crippen LogP contribution is 2.28. The molecule has 1 N–H and O–H groups in total. The third-order valence-corrected chi connectivity index (χ3v) is 5.36. The molecule has 0 radical (unpaired) electrons. The van der Waals surface area contributed by atoms with E-state index < -0.39 is 0 Å². The molecule has 0 aromatic heterocycles. The lowest BCUT2D eigenvalue weighted by atomic mass is 10.3. The van der Waals surface area contributed by atoms with Gasteiger partial charge in [0.1, 0.15) is 5.75 Å². The first-order valence-electron chi connectivity index (χ1n) is 10.0. The predicted octanol–water partition coefficient (Wildman–Crippen LogP) is 2.90. The van der Waals surface area contributed by atoms with E-state index in [0.29, 0.717) is 55.8 Å². The molecule has 3 rings (SSSR count). The van der Waals surface area contributed by atoms with E-state index in [-0.39, 0.29) is 11.9 Å². The number of amides is 3. The smallest absolute Gasteiger partial charge is 0.322 e. The van der Waals surface area contributed by atoms with Crippen molar-refractivity contribution in [3.8, 4) is 5.75 Å². The van der Waals surface area contributed by atoms with Crippen LogP contribution in [-0.4, -0.2) is 79.1 Å². The summed E-state index contributed by atoms with van der Waals surface area (Å²) in [6.07, 6.45) is 3.09. The summed E-state index contributed by atoms with van der Waals surface area (Å²) in [6, 6.07) is 5.05. The number of piperazine rings is 1. The van der Waals surface area contributed by atoms with Crippen molar-refractivity contribution >= 4 is 29.2 Å². The maximum absolute atomic E-state index is 12.7. The number of halogens is 1. The van der Waals surface area contributed by atoms with Gasteiger partial charge >= 0.3 is 6.03 Å². The molecule has 2 fully saturated rings. The lowest BCUT2D eigenvalue weighted by molar-refractivity contribution is -0.131. The molecule has 2 aliphatic heterocycles. The molecule has 0 bridgehead atoms. The second-order valence-electron chi connectivity index (χ2n) is 7.27. The Labute approximate surface area is 171 Å². The minimum absolute atomic E-state index is 0.172. The summed E-state index contributed by atoms with van der Waals surface area (Å²) in [4.78, 5) is 30.8. The van der Waals surface area contributed by atoms with Gasteiger partial charge in [0.2, 0.25) is 5.91 Å². The molecule has 3 amide bonds. The van der Waals surface area contributed by atoms with E-state index in [1.807, 2.05) is 11.8 Å². The molecule has 0 saturated carbocycles. The SMILES string of the molecule is CCCOc1ccc(Cl)cc1NC(=O)N1CCN(CC(=O)N2CCCC2)CC1. The highest BCUT2D eigenvalue weighted by molar-refractivity contribution is 6.31. The number of carbonyl (C=O) groups excluding carboxylic acids is 2.